The Labute approximate surface area is 139 Å². The third-order valence-electron chi connectivity index (χ3n) is 3.82. The predicted molar refractivity (Wildman–Crippen MR) is 88.8 cm³/mol. The molecule has 0 saturated carbocycles. The summed E-state index contributed by atoms with van der Waals surface area (Å²) < 4.78 is 2.88. The molecular weight excluding hydrogens is 348 g/mol. The van der Waals surface area contributed by atoms with E-state index in [0.29, 0.717) is 31.9 Å². The highest BCUT2D eigenvalue weighted by Crippen LogP contribution is 2.17. The van der Waals surface area contributed by atoms with Crippen molar-refractivity contribution in [1.82, 2.24) is 19.7 Å². The van der Waals surface area contributed by atoms with E-state index < -0.39 is 0 Å². The van der Waals surface area contributed by atoms with Gasteiger partial charge in [-0.15, -0.1) is 0 Å². The van der Waals surface area contributed by atoms with E-state index in [1.165, 1.54) is 0 Å². The van der Waals surface area contributed by atoms with Gasteiger partial charge in [0, 0.05) is 49.9 Å². The molecule has 1 aliphatic heterocycles. The SMILES string of the molecule is CCNC(=O)CN1CCN(C(=O)c2cc(Br)cn2CC)CC1. The van der Waals surface area contributed by atoms with E-state index in [1.54, 1.807) is 0 Å². The number of nitrogens with one attached hydrogen (secondary N) is 1. The summed E-state index contributed by atoms with van der Waals surface area (Å²) in [6.07, 6.45) is 1.93. The zero-order valence-electron chi connectivity index (χ0n) is 13.1. The Kier molecular flexibility index (Phi) is 6.02. The van der Waals surface area contributed by atoms with E-state index in [1.807, 2.05) is 35.6 Å². The van der Waals surface area contributed by atoms with Crippen LogP contribution >= 0.6 is 15.9 Å². The summed E-state index contributed by atoms with van der Waals surface area (Å²) in [6, 6.07) is 1.87. The number of piperazine rings is 1. The number of hydrogen-bond acceptors (Lipinski definition) is 3. The summed E-state index contributed by atoms with van der Waals surface area (Å²) >= 11 is 3.42. The van der Waals surface area contributed by atoms with Gasteiger partial charge >= 0.3 is 0 Å². The number of carbonyl (C=O) groups excluding carboxylic acids is 2. The van der Waals surface area contributed by atoms with Crippen LogP contribution < -0.4 is 5.32 Å². The maximum atomic E-state index is 12.6. The fraction of sp³-hybridized carbons (Fsp3) is 0.600. The molecule has 2 rings (SSSR count). The summed E-state index contributed by atoms with van der Waals surface area (Å²) in [7, 11) is 0. The molecule has 0 bridgehead atoms. The van der Waals surface area contributed by atoms with Gasteiger partial charge in [-0.3, -0.25) is 14.5 Å². The molecule has 1 N–H and O–H groups in total. The molecule has 1 fully saturated rings. The Morgan fingerprint density at radius 2 is 1.91 bits per heavy atom. The molecule has 0 aliphatic carbocycles. The molecule has 1 aliphatic rings. The van der Waals surface area contributed by atoms with E-state index in [-0.39, 0.29) is 11.8 Å². The fourth-order valence-electron chi connectivity index (χ4n) is 2.64. The van der Waals surface area contributed by atoms with Crippen molar-refractivity contribution in [3.63, 3.8) is 0 Å². The monoisotopic (exact) mass is 370 g/mol. The number of hydrogen-bond donors (Lipinski definition) is 1. The highest BCUT2D eigenvalue weighted by atomic mass is 79.9. The second-order valence-electron chi connectivity index (χ2n) is 5.35. The minimum Gasteiger partial charge on any atom is -0.355 e. The van der Waals surface area contributed by atoms with Crippen LogP contribution in [-0.4, -0.2) is 65.4 Å². The quantitative estimate of drug-likeness (QED) is 0.845. The van der Waals surface area contributed by atoms with Crippen molar-refractivity contribution in [2.45, 2.75) is 20.4 Å². The molecule has 0 aromatic carbocycles. The van der Waals surface area contributed by atoms with E-state index in [4.69, 9.17) is 0 Å². The molecule has 0 spiro atoms. The third kappa shape index (κ3) is 4.10. The molecule has 7 heteroatoms. The molecular formula is C15H23BrN4O2. The molecule has 1 saturated heterocycles. The molecule has 2 amide bonds. The van der Waals surface area contributed by atoms with Crippen molar-refractivity contribution in [2.75, 3.05) is 39.3 Å². The van der Waals surface area contributed by atoms with Gasteiger partial charge in [-0.05, 0) is 35.8 Å². The molecule has 0 radical (unpaired) electrons. The van der Waals surface area contributed by atoms with E-state index in [2.05, 4.69) is 26.1 Å². The first kappa shape index (κ1) is 17.0. The topological polar surface area (TPSA) is 57.6 Å². The van der Waals surface area contributed by atoms with Gasteiger partial charge in [0.2, 0.25) is 5.91 Å². The zero-order chi connectivity index (χ0) is 16.1. The number of aromatic nitrogens is 1. The zero-order valence-corrected chi connectivity index (χ0v) is 14.7. The normalized spacial score (nSPS) is 15.9. The van der Waals surface area contributed by atoms with E-state index in [9.17, 15) is 9.59 Å². The number of aryl methyl sites for hydroxylation is 1. The molecule has 0 atom stereocenters. The van der Waals surface area contributed by atoms with Crippen molar-refractivity contribution in [3.8, 4) is 0 Å². The maximum Gasteiger partial charge on any atom is 0.270 e. The van der Waals surface area contributed by atoms with Crippen LogP contribution in [0.1, 0.15) is 24.3 Å². The lowest BCUT2D eigenvalue weighted by Gasteiger charge is -2.34. The van der Waals surface area contributed by atoms with Crippen LogP contribution in [0.3, 0.4) is 0 Å². The predicted octanol–water partition coefficient (Wildman–Crippen LogP) is 1.16. The number of carbonyl (C=O) groups is 2. The third-order valence-corrected chi connectivity index (χ3v) is 4.26. The Bertz CT molecular complexity index is 536. The lowest BCUT2D eigenvalue weighted by molar-refractivity contribution is -0.122. The van der Waals surface area contributed by atoms with Crippen LogP contribution in [0.5, 0.6) is 0 Å². The molecule has 2 heterocycles. The van der Waals surface area contributed by atoms with Crippen LogP contribution in [0.4, 0.5) is 0 Å². The van der Waals surface area contributed by atoms with Crippen molar-refractivity contribution in [2.24, 2.45) is 0 Å². The number of likely N-dealkylation sites (N-methyl/N-ethyl adjacent to an activating group) is 1. The number of halogens is 1. The molecule has 6 nitrogen and oxygen atoms in total. The summed E-state index contributed by atoms with van der Waals surface area (Å²) in [5.41, 5.74) is 0.714. The van der Waals surface area contributed by atoms with Crippen LogP contribution in [-0.2, 0) is 11.3 Å². The first-order valence-corrected chi connectivity index (χ1v) is 8.48. The summed E-state index contributed by atoms with van der Waals surface area (Å²) in [6.45, 7) is 8.54. The van der Waals surface area contributed by atoms with Crippen LogP contribution in [0.15, 0.2) is 16.7 Å². The number of nitrogens with zero attached hydrogens (tertiary/aromatic N) is 3. The van der Waals surface area contributed by atoms with Gasteiger partial charge in [0.15, 0.2) is 0 Å². The Morgan fingerprint density at radius 3 is 2.50 bits per heavy atom. The summed E-state index contributed by atoms with van der Waals surface area (Å²) in [4.78, 5) is 28.2. The Morgan fingerprint density at radius 1 is 1.23 bits per heavy atom. The van der Waals surface area contributed by atoms with E-state index >= 15 is 0 Å². The van der Waals surface area contributed by atoms with Crippen LogP contribution in [0.2, 0.25) is 0 Å². The van der Waals surface area contributed by atoms with Gasteiger partial charge in [0.25, 0.3) is 5.91 Å². The van der Waals surface area contributed by atoms with Crippen molar-refractivity contribution in [3.05, 3.63) is 22.4 Å². The lowest BCUT2D eigenvalue weighted by Crippen LogP contribution is -2.51. The van der Waals surface area contributed by atoms with Gasteiger partial charge in [0.1, 0.15) is 5.69 Å². The molecule has 1 aromatic heterocycles. The molecule has 1 aromatic rings. The Balaban J connectivity index is 1.91. The van der Waals surface area contributed by atoms with E-state index in [0.717, 1.165) is 24.1 Å². The van der Waals surface area contributed by atoms with Crippen LogP contribution in [0, 0.1) is 0 Å². The fourth-order valence-corrected chi connectivity index (χ4v) is 3.11. The summed E-state index contributed by atoms with van der Waals surface area (Å²) in [5, 5.41) is 2.80. The van der Waals surface area contributed by atoms with Crippen molar-refractivity contribution >= 4 is 27.7 Å². The van der Waals surface area contributed by atoms with Gasteiger partial charge in [-0.1, -0.05) is 0 Å². The highest BCUT2D eigenvalue weighted by molar-refractivity contribution is 9.10. The maximum absolute atomic E-state index is 12.6. The standard InChI is InChI=1S/C15H23BrN4O2/c1-3-17-14(21)11-18-5-7-20(8-6-18)15(22)13-9-12(16)10-19(13)4-2/h9-10H,3-8,11H2,1-2H3,(H,17,21). The second kappa shape index (κ2) is 7.78. The first-order chi connectivity index (χ1) is 10.5. The van der Waals surface area contributed by atoms with Gasteiger partial charge in [0.05, 0.1) is 6.54 Å². The van der Waals surface area contributed by atoms with Gasteiger partial charge < -0.3 is 14.8 Å². The Hall–Kier alpha value is -1.34. The minimum absolute atomic E-state index is 0.0473. The molecule has 22 heavy (non-hydrogen) atoms. The molecule has 122 valence electrons. The highest BCUT2D eigenvalue weighted by Gasteiger charge is 2.25. The largest absolute Gasteiger partial charge is 0.355 e. The number of rotatable bonds is 5. The van der Waals surface area contributed by atoms with Gasteiger partial charge in [-0.25, -0.2) is 0 Å². The smallest absolute Gasteiger partial charge is 0.270 e. The average molecular weight is 371 g/mol. The first-order valence-electron chi connectivity index (χ1n) is 7.69. The van der Waals surface area contributed by atoms with Gasteiger partial charge in [-0.2, -0.15) is 0 Å². The van der Waals surface area contributed by atoms with Crippen molar-refractivity contribution in [1.29, 1.82) is 0 Å². The average Bonchev–Trinajstić information content (AvgIpc) is 2.88. The van der Waals surface area contributed by atoms with Crippen LogP contribution in [0.25, 0.3) is 0 Å². The minimum atomic E-state index is 0.0473. The van der Waals surface area contributed by atoms with Crippen molar-refractivity contribution < 1.29 is 9.59 Å². The second-order valence-corrected chi connectivity index (χ2v) is 6.27. The molecule has 0 unspecified atom stereocenters. The summed E-state index contributed by atoms with van der Waals surface area (Å²) in [5.74, 6) is 0.108. The number of amides is 2. The lowest BCUT2D eigenvalue weighted by atomic mass is 10.2.